The Balaban J connectivity index is 1.64. The van der Waals surface area contributed by atoms with Crippen molar-refractivity contribution < 1.29 is 0 Å². The van der Waals surface area contributed by atoms with E-state index in [1.807, 2.05) is 0 Å². The number of aryl methyl sites for hydroxylation is 3. The van der Waals surface area contributed by atoms with Gasteiger partial charge in [-0.05, 0) is 62.1 Å². The molecule has 0 aromatic heterocycles. The summed E-state index contributed by atoms with van der Waals surface area (Å²) >= 11 is 0. The average molecular weight is 374 g/mol. The smallest absolute Gasteiger partial charge is 0.0450 e. The molecule has 3 nitrogen and oxygen atoms in total. The summed E-state index contributed by atoms with van der Waals surface area (Å²) in [4.78, 5) is 0. The quantitative estimate of drug-likeness (QED) is 0.430. The molecule has 0 saturated heterocycles. The van der Waals surface area contributed by atoms with Gasteiger partial charge in [-0.25, -0.2) is 0 Å². The highest BCUT2D eigenvalue weighted by atomic mass is 15.0. The van der Waals surface area contributed by atoms with Gasteiger partial charge in [-0.3, -0.25) is 0 Å². The summed E-state index contributed by atoms with van der Waals surface area (Å²) < 4.78 is 0. The maximum absolute atomic E-state index is 3.74. The summed E-state index contributed by atoms with van der Waals surface area (Å²) in [7, 11) is 0. The largest absolute Gasteiger partial charge is 0.385 e. The van der Waals surface area contributed by atoms with Crippen molar-refractivity contribution in [2.75, 3.05) is 29.0 Å². The zero-order valence-electron chi connectivity index (χ0n) is 17.1. The summed E-state index contributed by atoms with van der Waals surface area (Å²) in [6.07, 6.45) is 1.02. The lowest BCUT2D eigenvalue weighted by atomic mass is 10.1. The van der Waals surface area contributed by atoms with Crippen LogP contribution >= 0.6 is 0 Å². The Morgan fingerprint density at radius 1 is 0.607 bits per heavy atom. The standard InChI is InChI=1S/C25H31N3/c1-19-10-4-7-13-23(19)26-17-16-22(28-25-15-9-6-12-21(25)3)18-27-24-14-8-5-11-20(24)2/h4-15,22,26-28H,16-18H2,1-3H3. The molecule has 0 spiro atoms. The van der Waals surface area contributed by atoms with Crippen LogP contribution in [0.4, 0.5) is 17.1 Å². The van der Waals surface area contributed by atoms with Crippen molar-refractivity contribution >= 4 is 17.1 Å². The highest BCUT2D eigenvalue weighted by molar-refractivity contribution is 5.53. The normalized spacial score (nSPS) is 11.7. The maximum Gasteiger partial charge on any atom is 0.0450 e. The first-order chi connectivity index (χ1) is 13.6. The lowest BCUT2D eigenvalue weighted by Crippen LogP contribution is -2.31. The molecular weight excluding hydrogens is 342 g/mol. The monoisotopic (exact) mass is 373 g/mol. The van der Waals surface area contributed by atoms with Crippen molar-refractivity contribution in [2.24, 2.45) is 0 Å². The van der Waals surface area contributed by atoms with Crippen molar-refractivity contribution in [1.82, 2.24) is 0 Å². The average Bonchev–Trinajstić information content (AvgIpc) is 2.70. The fraction of sp³-hybridized carbons (Fsp3) is 0.280. The van der Waals surface area contributed by atoms with Crippen LogP contribution in [0.1, 0.15) is 23.1 Å². The Hall–Kier alpha value is -2.94. The number of hydrogen-bond donors (Lipinski definition) is 3. The predicted molar refractivity (Wildman–Crippen MR) is 123 cm³/mol. The second-order valence-electron chi connectivity index (χ2n) is 7.38. The molecule has 3 heteroatoms. The van der Waals surface area contributed by atoms with Crippen LogP contribution in [0.5, 0.6) is 0 Å². The highest BCUT2D eigenvalue weighted by Gasteiger charge is 2.11. The zero-order valence-corrected chi connectivity index (χ0v) is 17.1. The van der Waals surface area contributed by atoms with Crippen LogP contribution < -0.4 is 16.0 Å². The van der Waals surface area contributed by atoms with Crippen molar-refractivity contribution in [3.05, 3.63) is 89.5 Å². The molecule has 1 unspecified atom stereocenters. The van der Waals surface area contributed by atoms with Gasteiger partial charge in [0.15, 0.2) is 0 Å². The fourth-order valence-corrected chi connectivity index (χ4v) is 3.34. The van der Waals surface area contributed by atoms with Crippen LogP contribution in [0.15, 0.2) is 72.8 Å². The molecule has 0 aliphatic carbocycles. The first-order valence-corrected chi connectivity index (χ1v) is 10.0. The van der Waals surface area contributed by atoms with Crippen molar-refractivity contribution in [3.8, 4) is 0 Å². The molecule has 0 aliphatic heterocycles. The molecule has 0 radical (unpaired) electrons. The van der Waals surface area contributed by atoms with Crippen LogP contribution in [-0.4, -0.2) is 19.1 Å². The first-order valence-electron chi connectivity index (χ1n) is 10.0. The van der Waals surface area contributed by atoms with Crippen molar-refractivity contribution in [3.63, 3.8) is 0 Å². The summed E-state index contributed by atoms with van der Waals surface area (Å²) in [5, 5.41) is 10.9. The summed E-state index contributed by atoms with van der Waals surface area (Å²) in [5.74, 6) is 0. The molecule has 3 N–H and O–H groups in total. The molecule has 28 heavy (non-hydrogen) atoms. The maximum atomic E-state index is 3.74. The molecule has 0 aliphatic rings. The minimum Gasteiger partial charge on any atom is -0.385 e. The van der Waals surface area contributed by atoms with Crippen LogP contribution in [0.2, 0.25) is 0 Å². The van der Waals surface area contributed by atoms with Crippen LogP contribution in [0.3, 0.4) is 0 Å². The molecule has 3 aromatic rings. The number of nitrogens with one attached hydrogen (secondary N) is 3. The number of benzene rings is 3. The van der Waals surface area contributed by atoms with E-state index >= 15 is 0 Å². The van der Waals surface area contributed by atoms with E-state index in [0.717, 1.165) is 19.5 Å². The number of anilines is 3. The number of rotatable bonds is 9. The third-order valence-corrected chi connectivity index (χ3v) is 5.14. The highest BCUT2D eigenvalue weighted by Crippen LogP contribution is 2.18. The molecule has 1 atom stereocenters. The van der Waals surface area contributed by atoms with Gasteiger partial charge in [0.1, 0.15) is 0 Å². The topological polar surface area (TPSA) is 36.1 Å². The number of para-hydroxylation sites is 3. The summed E-state index contributed by atoms with van der Waals surface area (Å²) in [6.45, 7) is 8.23. The Kier molecular flexibility index (Phi) is 6.96. The van der Waals surface area contributed by atoms with E-state index in [2.05, 4.69) is 110 Å². The second-order valence-corrected chi connectivity index (χ2v) is 7.38. The van der Waals surface area contributed by atoms with Gasteiger partial charge < -0.3 is 16.0 Å². The van der Waals surface area contributed by atoms with E-state index in [9.17, 15) is 0 Å². The minimum atomic E-state index is 0.317. The first kappa shape index (κ1) is 19.8. The van der Waals surface area contributed by atoms with Crippen LogP contribution in [-0.2, 0) is 0 Å². The lowest BCUT2D eigenvalue weighted by molar-refractivity contribution is 0.699. The molecule has 0 bridgehead atoms. The Morgan fingerprint density at radius 2 is 1.07 bits per heavy atom. The van der Waals surface area contributed by atoms with Gasteiger partial charge in [0.25, 0.3) is 0 Å². The molecular formula is C25H31N3. The predicted octanol–water partition coefficient (Wildman–Crippen LogP) is 6.01. The van der Waals surface area contributed by atoms with Crippen LogP contribution in [0, 0.1) is 20.8 Å². The second kappa shape index (κ2) is 9.84. The SMILES string of the molecule is Cc1ccccc1NCCC(CNc1ccccc1C)Nc1ccccc1C. The third kappa shape index (κ3) is 5.53. The van der Waals surface area contributed by atoms with Crippen molar-refractivity contribution in [2.45, 2.75) is 33.2 Å². The van der Waals surface area contributed by atoms with E-state index in [1.54, 1.807) is 0 Å². The third-order valence-electron chi connectivity index (χ3n) is 5.14. The van der Waals surface area contributed by atoms with E-state index in [-0.39, 0.29) is 0 Å². The number of hydrogen-bond acceptors (Lipinski definition) is 3. The van der Waals surface area contributed by atoms with Crippen LogP contribution in [0.25, 0.3) is 0 Å². The summed E-state index contributed by atoms with van der Waals surface area (Å²) in [6, 6.07) is 25.7. The van der Waals surface area contributed by atoms with Crippen molar-refractivity contribution in [1.29, 1.82) is 0 Å². The van der Waals surface area contributed by atoms with E-state index in [0.29, 0.717) is 6.04 Å². The molecule has 0 fully saturated rings. The Bertz CT molecular complexity index is 888. The molecule has 0 saturated carbocycles. The fourth-order valence-electron chi connectivity index (χ4n) is 3.34. The van der Waals surface area contributed by atoms with Gasteiger partial charge in [0, 0.05) is 36.2 Å². The summed E-state index contributed by atoms with van der Waals surface area (Å²) in [5.41, 5.74) is 7.44. The van der Waals surface area contributed by atoms with E-state index in [4.69, 9.17) is 0 Å². The lowest BCUT2D eigenvalue weighted by Gasteiger charge is -2.23. The van der Waals surface area contributed by atoms with Gasteiger partial charge in [-0.1, -0.05) is 54.6 Å². The molecule has 3 aromatic carbocycles. The Labute approximate surface area is 169 Å². The van der Waals surface area contributed by atoms with Gasteiger partial charge in [-0.2, -0.15) is 0 Å². The van der Waals surface area contributed by atoms with Gasteiger partial charge in [0.2, 0.25) is 0 Å². The molecule has 3 rings (SSSR count). The molecule has 0 heterocycles. The molecule has 146 valence electrons. The van der Waals surface area contributed by atoms with Gasteiger partial charge in [0.05, 0.1) is 0 Å². The molecule has 0 amide bonds. The van der Waals surface area contributed by atoms with E-state index in [1.165, 1.54) is 33.8 Å². The van der Waals surface area contributed by atoms with Gasteiger partial charge >= 0.3 is 0 Å². The van der Waals surface area contributed by atoms with E-state index < -0.39 is 0 Å². The minimum absolute atomic E-state index is 0.317. The van der Waals surface area contributed by atoms with Gasteiger partial charge in [-0.15, -0.1) is 0 Å². The zero-order chi connectivity index (χ0) is 19.8. The Morgan fingerprint density at radius 3 is 1.61 bits per heavy atom.